The lowest BCUT2D eigenvalue weighted by Gasteiger charge is -2.37. The van der Waals surface area contributed by atoms with E-state index in [1.165, 1.54) is 4.90 Å². The summed E-state index contributed by atoms with van der Waals surface area (Å²) in [6, 6.07) is 4.91. The first-order valence-corrected chi connectivity index (χ1v) is 9.82. The Morgan fingerprint density at radius 1 is 1.04 bits per heavy atom. The minimum absolute atomic E-state index is 0.155. The van der Waals surface area contributed by atoms with Gasteiger partial charge in [0.15, 0.2) is 0 Å². The Bertz CT molecular complexity index is 869. The van der Waals surface area contributed by atoms with Gasteiger partial charge in [0.25, 0.3) is 0 Å². The van der Waals surface area contributed by atoms with Crippen molar-refractivity contribution >= 4 is 23.4 Å². The number of nitrogens with zero attached hydrogens (tertiary/aromatic N) is 1. The molecule has 1 saturated heterocycles. The van der Waals surface area contributed by atoms with Crippen molar-refractivity contribution in [3.8, 4) is 0 Å². The molecule has 5 heteroatoms. The highest BCUT2D eigenvalue weighted by molar-refractivity contribution is 6.10. The fourth-order valence-corrected chi connectivity index (χ4v) is 5.54. The molecule has 0 unspecified atom stereocenters. The molecule has 3 fully saturated rings. The summed E-state index contributed by atoms with van der Waals surface area (Å²) in [4.78, 5) is 40.2. The van der Waals surface area contributed by atoms with E-state index in [-0.39, 0.29) is 41.4 Å². The monoisotopic (exact) mass is 364 g/mol. The summed E-state index contributed by atoms with van der Waals surface area (Å²) >= 11 is 0. The fraction of sp³-hybridized carbons (Fsp3) is 0.500. The Balaban J connectivity index is 1.37. The van der Waals surface area contributed by atoms with Gasteiger partial charge in [0.05, 0.1) is 11.8 Å². The number of aryl methyl sites for hydroxylation is 2. The predicted molar refractivity (Wildman–Crippen MR) is 101 cm³/mol. The van der Waals surface area contributed by atoms with Crippen molar-refractivity contribution in [2.45, 2.75) is 33.2 Å². The molecule has 4 aliphatic carbocycles. The lowest BCUT2D eigenvalue weighted by molar-refractivity contribution is -0.146. The molecule has 0 aromatic heterocycles. The highest BCUT2D eigenvalue weighted by Gasteiger charge is 2.67. The zero-order chi connectivity index (χ0) is 19.0. The summed E-state index contributed by atoms with van der Waals surface area (Å²) in [6.07, 6.45) is 5.43. The van der Waals surface area contributed by atoms with Gasteiger partial charge >= 0.3 is 0 Å². The standard InChI is InChI=1S/C22H24N2O3/c1-10-4-5-13(8-11(10)2)23-20(25)12(3)24-21(26)18-14-6-7-15(17-9-16(14)17)19(18)22(24)27/h4-8,12,14-19H,9H2,1-3H3,(H,23,25)/t12-,14-,15-,16-,17-,18-,19+/m0/s1. The number of hydrogen-bond donors (Lipinski definition) is 1. The molecule has 3 amide bonds. The number of rotatable bonds is 3. The Kier molecular flexibility index (Phi) is 3.43. The summed E-state index contributed by atoms with van der Waals surface area (Å²) < 4.78 is 0. The van der Waals surface area contributed by atoms with Gasteiger partial charge in [0, 0.05) is 5.69 Å². The fourth-order valence-electron chi connectivity index (χ4n) is 5.54. The number of hydrogen-bond acceptors (Lipinski definition) is 3. The molecular formula is C22H24N2O3. The first kappa shape index (κ1) is 16.7. The topological polar surface area (TPSA) is 66.5 Å². The minimum Gasteiger partial charge on any atom is -0.324 e. The van der Waals surface area contributed by atoms with Crippen LogP contribution in [-0.2, 0) is 14.4 Å². The zero-order valence-corrected chi connectivity index (χ0v) is 15.8. The SMILES string of the molecule is Cc1ccc(NC(=O)[C@H](C)N2C(=O)[C@@H]3[C@H]4C=C[C@@H]([C@@H]5C[C@@H]45)[C@@H]3C2=O)cc1C. The third kappa shape index (κ3) is 2.27. The second kappa shape index (κ2) is 5.54. The van der Waals surface area contributed by atoms with Crippen LogP contribution in [0.2, 0.25) is 0 Å². The Hall–Kier alpha value is -2.43. The lowest BCUT2D eigenvalue weighted by Crippen LogP contribution is -2.46. The molecule has 0 radical (unpaired) electrons. The number of anilines is 1. The Morgan fingerprint density at radius 3 is 2.19 bits per heavy atom. The van der Waals surface area contributed by atoms with Crippen molar-refractivity contribution in [2.75, 3.05) is 5.32 Å². The van der Waals surface area contributed by atoms with E-state index < -0.39 is 6.04 Å². The molecule has 2 bridgehead atoms. The minimum atomic E-state index is -0.798. The highest BCUT2D eigenvalue weighted by atomic mass is 16.2. The predicted octanol–water partition coefficient (Wildman–Crippen LogP) is 2.68. The molecule has 140 valence electrons. The molecular weight excluding hydrogens is 340 g/mol. The highest BCUT2D eigenvalue weighted by Crippen LogP contribution is 2.65. The quantitative estimate of drug-likeness (QED) is 0.662. The molecule has 5 nitrogen and oxygen atoms in total. The number of carbonyl (C=O) groups excluding carboxylic acids is 3. The maximum atomic E-state index is 13.1. The van der Waals surface area contributed by atoms with E-state index in [9.17, 15) is 14.4 Å². The van der Waals surface area contributed by atoms with E-state index in [4.69, 9.17) is 0 Å². The van der Waals surface area contributed by atoms with Gasteiger partial charge < -0.3 is 5.32 Å². The molecule has 2 saturated carbocycles. The average Bonchev–Trinajstić information content (AvgIpc) is 3.42. The second-order valence-corrected chi connectivity index (χ2v) is 8.67. The first-order chi connectivity index (χ1) is 12.9. The third-order valence-corrected chi connectivity index (χ3v) is 7.24. The van der Waals surface area contributed by atoms with Crippen LogP contribution in [0.5, 0.6) is 0 Å². The van der Waals surface area contributed by atoms with Gasteiger partial charge in [-0.2, -0.15) is 0 Å². The molecule has 1 aromatic rings. The van der Waals surface area contributed by atoms with Crippen molar-refractivity contribution < 1.29 is 14.4 Å². The Labute approximate surface area is 158 Å². The first-order valence-electron chi connectivity index (χ1n) is 9.82. The second-order valence-electron chi connectivity index (χ2n) is 8.67. The number of carbonyl (C=O) groups is 3. The van der Waals surface area contributed by atoms with Gasteiger partial charge in [-0.05, 0) is 74.1 Å². The van der Waals surface area contributed by atoms with Crippen LogP contribution in [0.3, 0.4) is 0 Å². The van der Waals surface area contributed by atoms with Gasteiger partial charge in [-0.15, -0.1) is 0 Å². The van der Waals surface area contributed by atoms with Crippen LogP contribution >= 0.6 is 0 Å². The van der Waals surface area contributed by atoms with Gasteiger partial charge in [-0.1, -0.05) is 18.2 Å². The molecule has 1 heterocycles. The molecule has 0 spiro atoms. The summed E-state index contributed by atoms with van der Waals surface area (Å²) in [7, 11) is 0. The van der Waals surface area contributed by atoms with Crippen LogP contribution in [-0.4, -0.2) is 28.7 Å². The van der Waals surface area contributed by atoms with E-state index in [2.05, 4.69) is 17.5 Å². The molecule has 7 atom stereocenters. The number of benzene rings is 1. The van der Waals surface area contributed by atoms with E-state index in [1.54, 1.807) is 6.92 Å². The number of likely N-dealkylation sites (tertiary alicyclic amines) is 1. The molecule has 1 aromatic carbocycles. The normalized spacial score (nSPS) is 36.5. The zero-order valence-electron chi connectivity index (χ0n) is 15.8. The van der Waals surface area contributed by atoms with Crippen molar-refractivity contribution in [3.05, 3.63) is 41.5 Å². The van der Waals surface area contributed by atoms with E-state index in [0.29, 0.717) is 17.5 Å². The molecule has 1 aliphatic heterocycles. The largest absolute Gasteiger partial charge is 0.324 e. The van der Waals surface area contributed by atoms with Crippen LogP contribution in [0.15, 0.2) is 30.4 Å². The van der Waals surface area contributed by atoms with Gasteiger partial charge in [0.1, 0.15) is 6.04 Å². The number of imide groups is 1. The van der Waals surface area contributed by atoms with E-state index >= 15 is 0 Å². The summed E-state index contributed by atoms with van der Waals surface area (Å²) in [5, 5.41) is 2.86. The lowest BCUT2D eigenvalue weighted by atomic mass is 9.63. The number of allylic oxidation sites excluding steroid dienone is 2. The average molecular weight is 364 g/mol. The molecule has 1 N–H and O–H groups in total. The van der Waals surface area contributed by atoms with E-state index in [0.717, 1.165) is 17.5 Å². The van der Waals surface area contributed by atoms with E-state index in [1.807, 2.05) is 32.0 Å². The van der Waals surface area contributed by atoms with Crippen molar-refractivity contribution in [1.82, 2.24) is 4.90 Å². The summed E-state index contributed by atoms with van der Waals surface area (Å²) in [6.45, 7) is 5.65. The number of amides is 3. The van der Waals surface area contributed by atoms with Crippen LogP contribution in [0.4, 0.5) is 5.69 Å². The molecule has 6 rings (SSSR count). The van der Waals surface area contributed by atoms with Crippen LogP contribution in [0.25, 0.3) is 0 Å². The maximum Gasteiger partial charge on any atom is 0.247 e. The third-order valence-electron chi connectivity index (χ3n) is 7.24. The smallest absolute Gasteiger partial charge is 0.247 e. The summed E-state index contributed by atoms with van der Waals surface area (Å²) in [5.41, 5.74) is 2.92. The van der Waals surface area contributed by atoms with Crippen molar-refractivity contribution in [2.24, 2.45) is 35.5 Å². The number of nitrogens with one attached hydrogen (secondary N) is 1. The van der Waals surface area contributed by atoms with Crippen LogP contribution < -0.4 is 5.32 Å². The maximum absolute atomic E-state index is 13.1. The summed E-state index contributed by atoms with van der Waals surface area (Å²) in [5.74, 6) is 0.360. The van der Waals surface area contributed by atoms with Crippen LogP contribution in [0.1, 0.15) is 24.5 Å². The van der Waals surface area contributed by atoms with Crippen molar-refractivity contribution in [1.29, 1.82) is 0 Å². The van der Waals surface area contributed by atoms with Gasteiger partial charge in [0.2, 0.25) is 17.7 Å². The molecule has 5 aliphatic rings. The van der Waals surface area contributed by atoms with Gasteiger partial charge in [-0.3, -0.25) is 19.3 Å². The van der Waals surface area contributed by atoms with Crippen LogP contribution in [0, 0.1) is 49.4 Å². The van der Waals surface area contributed by atoms with Gasteiger partial charge in [-0.25, -0.2) is 0 Å². The Morgan fingerprint density at radius 2 is 1.63 bits per heavy atom. The van der Waals surface area contributed by atoms with Crippen molar-refractivity contribution in [3.63, 3.8) is 0 Å². The molecule has 27 heavy (non-hydrogen) atoms.